The summed E-state index contributed by atoms with van der Waals surface area (Å²) in [6.07, 6.45) is 2.01. The molecule has 3 aromatic rings. The lowest BCUT2D eigenvalue weighted by molar-refractivity contribution is -0.136. The SMILES string of the molecule is COc1cccc(N2CCN(C(=O)[C@H]3CCCN(c4cccc5c4C(=O)N(CCc4cccc(F)c4)C5=O)C3)CC2)c1. The first-order valence-electron chi connectivity index (χ1n) is 14.6. The molecule has 0 spiro atoms. The number of carbonyl (C=O) groups excluding carboxylic acids is 3. The van der Waals surface area contributed by atoms with Gasteiger partial charge in [-0.2, -0.15) is 0 Å². The summed E-state index contributed by atoms with van der Waals surface area (Å²) in [5, 5.41) is 0. The van der Waals surface area contributed by atoms with E-state index in [2.05, 4.69) is 15.9 Å². The standard InChI is InChI=1S/C33H35FN4O4/c1-42-27-10-3-9-26(21-27)35-16-18-36(19-17-35)31(39)24-7-5-14-37(22-24)29-12-4-11-28-30(29)33(41)38(32(28)40)15-13-23-6-2-8-25(34)20-23/h2-4,6,8-12,20-21,24H,5,7,13-19,22H2,1H3/t24-/m0/s1. The molecule has 0 aliphatic carbocycles. The molecule has 0 bridgehead atoms. The van der Waals surface area contributed by atoms with Crippen molar-refractivity contribution in [3.05, 3.63) is 89.2 Å². The van der Waals surface area contributed by atoms with E-state index in [1.54, 1.807) is 31.4 Å². The van der Waals surface area contributed by atoms with Crippen molar-refractivity contribution >= 4 is 29.1 Å². The number of benzene rings is 3. The van der Waals surface area contributed by atoms with Gasteiger partial charge in [0.1, 0.15) is 11.6 Å². The minimum atomic E-state index is -0.343. The van der Waals surface area contributed by atoms with E-state index in [1.165, 1.54) is 17.0 Å². The predicted molar refractivity (Wildman–Crippen MR) is 159 cm³/mol. The van der Waals surface area contributed by atoms with Crippen LogP contribution in [-0.2, 0) is 11.2 Å². The summed E-state index contributed by atoms with van der Waals surface area (Å²) in [6, 6.07) is 19.6. The van der Waals surface area contributed by atoms with Crippen molar-refractivity contribution in [3.8, 4) is 5.75 Å². The van der Waals surface area contributed by atoms with E-state index in [4.69, 9.17) is 4.74 Å². The topological polar surface area (TPSA) is 73.4 Å². The number of nitrogens with zero attached hydrogens (tertiary/aromatic N) is 4. The Morgan fingerprint density at radius 3 is 2.48 bits per heavy atom. The normalized spacial score (nSPS) is 18.9. The lowest BCUT2D eigenvalue weighted by Crippen LogP contribution is -2.52. The highest BCUT2D eigenvalue weighted by molar-refractivity contribution is 6.23. The van der Waals surface area contributed by atoms with Crippen molar-refractivity contribution in [2.75, 3.05) is 62.7 Å². The van der Waals surface area contributed by atoms with E-state index in [-0.39, 0.29) is 36.0 Å². The zero-order chi connectivity index (χ0) is 29.2. The van der Waals surface area contributed by atoms with Gasteiger partial charge < -0.3 is 19.4 Å². The van der Waals surface area contributed by atoms with Crippen LogP contribution in [0.25, 0.3) is 0 Å². The molecule has 3 amide bonds. The van der Waals surface area contributed by atoms with E-state index in [0.717, 1.165) is 42.9 Å². The fourth-order valence-electron chi connectivity index (χ4n) is 6.36. The largest absolute Gasteiger partial charge is 0.497 e. The van der Waals surface area contributed by atoms with Crippen LogP contribution >= 0.6 is 0 Å². The second kappa shape index (κ2) is 11.8. The molecular weight excluding hydrogens is 535 g/mol. The van der Waals surface area contributed by atoms with Gasteiger partial charge in [-0.05, 0) is 61.2 Å². The molecule has 0 radical (unpaired) electrons. The molecule has 8 nitrogen and oxygen atoms in total. The van der Waals surface area contributed by atoms with Crippen molar-refractivity contribution in [2.24, 2.45) is 5.92 Å². The maximum absolute atomic E-state index is 13.6. The Morgan fingerprint density at radius 1 is 0.905 bits per heavy atom. The van der Waals surface area contributed by atoms with Crippen LogP contribution in [0.2, 0.25) is 0 Å². The molecule has 0 N–H and O–H groups in total. The van der Waals surface area contributed by atoms with Crippen LogP contribution in [0, 0.1) is 11.7 Å². The number of hydrogen-bond donors (Lipinski definition) is 0. The maximum atomic E-state index is 13.6. The highest BCUT2D eigenvalue weighted by Crippen LogP contribution is 2.34. The van der Waals surface area contributed by atoms with Crippen LogP contribution in [-0.4, -0.2) is 80.4 Å². The molecule has 3 heterocycles. The van der Waals surface area contributed by atoms with Gasteiger partial charge in [0, 0.05) is 57.6 Å². The van der Waals surface area contributed by atoms with Gasteiger partial charge in [-0.25, -0.2) is 4.39 Å². The molecule has 0 aromatic heterocycles. The van der Waals surface area contributed by atoms with Crippen LogP contribution in [0.1, 0.15) is 39.1 Å². The minimum Gasteiger partial charge on any atom is -0.497 e. The fraction of sp³-hybridized carbons (Fsp3) is 0.364. The highest BCUT2D eigenvalue weighted by Gasteiger charge is 2.39. The number of carbonyl (C=O) groups is 3. The Kier molecular flexibility index (Phi) is 7.82. The van der Waals surface area contributed by atoms with Crippen molar-refractivity contribution in [3.63, 3.8) is 0 Å². The number of halogens is 1. The monoisotopic (exact) mass is 570 g/mol. The summed E-state index contributed by atoms with van der Waals surface area (Å²) < 4.78 is 19.0. The molecule has 6 rings (SSSR count). The number of anilines is 2. The molecule has 9 heteroatoms. The molecule has 42 heavy (non-hydrogen) atoms. The molecule has 0 unspecified atom stereocenters. The number of rotatable bonds is 7. The zero-order valence-electron chi connectivity index (χ0n) is 23.8. The molecule has 3 aromatic carbocycles. The number of imide groups is 1. The maximum Gasteiger partial charge on any atom is 0.263 e. The van der Waals surface area contributed by atoms with Gasteiger partial charge in [0.05, 0.1) is 29.8 Å². The third-order valence-electron chi connectivity index (χ3n) is 8.61. The Bertz CT molecular complexity index is 1500. The first-order valence-corrected chi connectivity index (χ1v) is 14.6. The molecule has 1 atom stereocenters. The highest BCUT2D eigenvalue weighted by atomic mass is 19.1. The van der Waals surface area contributed by atoms with E-state index >= 15 is 0 Å². The smallest absolute Gasteiger partial charge is 0.263 e. The van der Waals surface area contributed by atoms with Gasteiger partial charge >= 0.3 is 0 Å². The van der Waals surface area contributed by atoms with Crippen LogP contribution in [0.15, 0.2) is 66.7 Å². The third kappa shape index (κ3) is 5.43. The second-order valence-electron chi connectivity index (χ2n) is 11.1. The van der Waals surface area contributed by atoms with Gasteiger partial charge in [-0.15, -0.1) is 0 Å². The van der Waals surface area contributed by atoms with Crippen LogP contribution < -0.4 is 14.5 Å². The van der Waals surface area contributed by atoms with Gasteiger partial charge in [-0.1, -0.05) is 24.3 Å². The number of piperidine rings is 1. The number of piperazine rings is 1. The van der Waals surface area contributed by atoms with E-state index in [9.17, 15) is 18.8 Å². The number of amides is 3. The van der Waals surface area contributed by atoms with E-state index < -0.39 is 0 Å². The van der Waals surface area contributed by atoms with Crippen molar-refractivity contribution in [2.45, 2.75) is 19.3 Å². The number of hydrogen-bond acceptors (Lipinski definition) is 6. The lowest BCUT2D eigenvalue weighted by Gasteiger charge is -2.40. The Hall–Kier alpha value is -4.40. The van der Waals surface area contributed by atoms with E-state index in [0.29, 0.717) is 49.4 Å². The molecule has 218 valence electrons. The number of fused-ring (bicyclic) bond motifs is 1. The average molecular weight is 571 g/mol. The Balaban J connectivity index is 1.11. The summed E-state index contributed by atoms with van der Waals surface area (Å²) >= 11 is 0. The van der Waals surface area contributed by atoms with Crippen LogP contribution in [0.4, 0.5) is 15.8 Å². The minimum absolute atomic E-state index is 0.150. The molecule has 2 saturated heterocycles. The molecule has 2 fully saturated rings. The van der Waals surface area contributed by atoms with Gasteiger partial charge in [0.15, 0.2) is 0 Å². The van der Waals surface area contributed by atoms with Gasteiger partial charge in [0.2, 0.25) is 5.91 Å². The second-order valence-corrected chi connectivity index (χ2v) is 11.1. The quantitative estimate of drug-likeness (QED) is 0.396. The van der Waals surface area contributed by atoms with Crippen LogP contribution in [0.5, 0.6) is 5.75 Å². The first kappa shape index (κ1) is 27.8. The Morgan fingerprint density at radius 2 is 1.69 bits per heavy atom. The number of methoxy groups -OCH3 is 1. The van der Waals surface area contributed by atoms with Gasteiger partial charge in [-0.3, -0.25) is 19.3 Å². The summed E-state index contributed by atoms with van der Waals surface area (Å²) in [5.41, 5.74) is 3.32. The van der Waals surface area contributed by atoms with Crippen LogP contribution in [0.3, 0.4) is 0 Å². The van der Waals surface area contributed by atoms with E-state index in [1.807, 2.05) is 29.2 Å². The third-order valence-corrected chi connectivity index (χ3v) is 8.61. The number of ether oxygens (including phenoxy) is 1. The van der Waals surface area contributed by atoms with Crippen molar-refractivity contribution < 1.29 is 23.5 Å². The zero-order valence-corrected chi connectivity index (χ0v) is 23.8. The summed E-state index contributed by atoms with van der Waals surface area (Å²) in [6.45, 7) is 4.22. The van der Waals surface area contributed by atoms with Gasteiger partial charge in [0.25, 0.3) is 11.8 Å². The summed E-state index contributed by atoms with van der Waals surface area (Å²) in [5.74, 6) is -0.206. The molecular formula is C33H35FN4O4. The van der Waals surface area contributed by atoms with Crippen molar-refractivity contribution in [1.29, 1.82) is 0 Å². The van der Waals surface area contributed by atoms with Crippen molar-refractivity contribution in [1.82, 2.24) is 9.80 Å². The molecule has 3 aliphatic rings. The first-order chi connectivity index (χ1) is 20.4. The molecule has 0 saturated carbocycles. The predicted octanol–water partition coefficient (Wildman–Crippen LogP) is 4.24. The Labute approximate surface area is 245 Å². The lowest BCUT2D eigenvalue weighted by atomic mass is 9.94. The summed E-state index contributed by atoms with van der Waals surface area (Å²) in [7, 11) is 1.66. The average Bonchev–Trinajstić information content (AvgIpc) is 3.28. The fourth-order valence-corrected chi connectivity index (χ4v) is 6.36. The summed E-state index contributed by atoms with van der Waals surface area (Å²) in [4.78, 5) is 48.0. The molecule has 3 aliphatic heterocycles.